The summed E-state index contributed by atoms with van der Waals surface area (Å²) >= 11 is 0. The van der Waals surface area contributed by atoms with Crippen molar-refractivity contribution in [2.24, 2.45) is 5.73 Å². The van der Waals surface area contributed by atoms with Crippen LogP contribution in [0.5, 0.6) is 0 Å². The van der Waals surface area contributed by atoms with Gasteiger partial charge in [-0.1, -0.05) is 138 Å². The Morgan fingerprint density at radius 1 is 0.585 bits per heavy atom. The summed E-state index contributed by atoms with van der Waals surface area (Å²) in [5, 5.41) is 11.9. The minimum Gasteiger partial charge on any atom is -0.480 e. The van der Waals surface area contributed by atoms with Crippen LogP contribution >= 0.6 is 0 Å². The number of amides is 1. The number of carboxylic acid groups (broad SMARTS) is 1. The number of hydrogen-bond acceptors (Lipinski definition) is 5. The average molecular weight is 739 g/mol. The van der Waals surface area contributed by atoms with Gasteiger partial charge in [-0.05, 0) is 109 Å². The van der Waals surface area contributed by atoms with E-state index in [4.69, 9.17) is 10.5 Å². The maximum atomic E-state index is 12.7. The quantitative estimate of drug-likeness (QED) is 0.0332. The number of allylic oxidation sites excluding steroid dienone is 11. The highest BCUT2D eigenvalue weighted by Gasteiger charge is 2.18. The molecule has 0 saturated heterocycles. The minimum absolute atomic E-state index is 0.115. The van der Waals surface area contributed by atoms with Gasteiger partial charge in [0.25, 0.3) is 0 Å². The van der Waals surface area contributed by atoms with E-state index in [1.54, 1.807) is 0 Å². The molecule has 2 atom stereocenters. The van der Waals surface area contributed by atoms with Crippen LogP contribution in [0.25, 0.3) is 0 Å². The number of carbonyl (C=O) groups excluding carboxylic acids is 2. The Morgan fingerprint density at radius 2 is 1.09 bits per heavy atom. The molecule has 0 aliphatic carbocycles. The second-order valence-corrected chi connectivity index (χ2v) is 14.0. The van der Waals surface area contributed by atoms with Gasteiger partial charge in [-0.25, -0.2) is 4.79 Å². The maximum Gasteiger partial charge on any atom is 0.326 e. The Morgan fingerprint density at radius 3 is 1.68 bits per heavy atom. The zero-order chi connectivity index (χ0) is 38.9. The Hall–Kier alpha value is -3.19. The molecule has 0 spiro atoms. The molecular formula is C46H78N2O5. The molecule has 0 aliphatic rings. The zero-order valence-electron chi connectivity index (χ0n) is 33.8. The molecule has 0 aromatic rings. The molecule has 0 fully saturated rings. The Kier molecular flexibility index (Phi) is 37.6. The third-order valence-corrected chi connectivity index (χ3v) is 8.99. The average Bonchev–Trinajstić information content (AvgIpc) is 3.14. The van der Waals surface area contributed by atoms with Crippen molar-refractivity contribution in [3.05, 3.63) is 72.9 Å². The van der Waals surface area contributed by atoms with Crippen molar-refractivity contribution in [2.75, 3.05) is 6.54 Å². The summed E-state index contributed by atoms with van der Waals surface area (Å²) in [6, 6.07) is -0.871. The van der Waals surface area contributed by atoms with Gasteiger partial charge in [-0.2, -0.15) is 0 Å². The van der Waals surface area contributed by atoms with E-state index >= 15 is 0 Å². The van der Waals surface area contributed by atoms with E-state index in [0.717, 1.165) is 96.3 Å². The number of hydrogen-bond donors (Lipinski definition) is 3. The number of carboxylic acids is 1. The van der Waals surface area contributed by atoms with Crippen LogP contribution in [0, 0.1) is 0 Å². The predicted octanol–water partition coefficient (Wildman–Crippen LogP) is 11.9. The first-order valence-electron chi connectivity index (χ1n) is 21.3. The van der Waals surface area contributed by atoms with Crippen LogP contribution < -0.4 is 11.1 Å². The van der Waals surface area contributed by atoms with E-state index in [1.807, 2.05) is 6.08 Å². The molecule has 7 nitrogen and oxygen atoms in total. The highest BCUT2D eigenvalue weighted by Crippen LogP contribution is 2.15. The molecule has 0 aromatic carbocycles. The SMILES string of the molecule is CC/C=C\C/C=C\C/C=C\C/C=C\C(CCCCCCCC(=O)NC(CCCN)C(=O)O)OC(=O)CCCCCCC/C=C\C/C=C\CCCCCC. The van der Waals surface area contributed by atoms with E-state index in [0.29, 0.717) is 32.2 Å². The third kappa shape index (κ3) is 36.9. The van der Waals surface area contributed by atoms with Gasteiger partial charge in [0.05, 0.1) is 0 Å². The van der Waals surface area contributed by atoms with Gasteiger partial charge in [0, 0.05) is 12.8 Å². The first kappa shape index (κ1) is 49.8. The summed E-state index contributed by atoms with van der Waals surface area (Å²) in [4.78, 5) is 36.3. The van der Waals surface area contributed by atoms with Crippen LogP contribution in [0.2, 0.25) is 0 Å². The van der Waals surface area contributed by atoms with Crippen molar-refractivity contribution in [3.63, 3.8) is 0 Å². The lowest BCUT2D eigenvalue weighted by molar-refractivity contribution is -0.147. The molecule has 0 radical (unpaired) electrons. The normalized spacial score (nSPS) is 13.4. The Bertz CT molecular complexity index is 1060. The summed E-state index contributed by atoms with van der Waals surface area (Å²) in [5.74, 6) is -1.35. The third-order valence-electron chi connectivity index (χ3n) is 8.99. The second kappa shape index (κ2) is 40.0. The van der Waals surface area contributed by atoms with Gasteiger partial charge < -0.3 is 20.9 Å². The van der Waals surface area contributed by atoms with Crippen molar-refractivity contribution in [2.45, 2.75) is 193 Å². The minimum atomic E-state index is -1.02. The fourth-order valence-electron chi connectivity index (χ4n) is 5.80. The fourth-order valence-corrected chi connectivity index (χ4v) is 5.80. The predicted molar refractivity (Wildman–Crippen MR) is 225 cm³/mol. The molecule has 1 amide bonds. The van der Waals surface area contributed by atoms with Gasteiger partial charge in [0.2, 0.25) is 5.91 Å². The van der Waals surface area contributed by atoms with Crippen molar-refractivity contribution < 1.29 is 24.2 Å². The van der Waals surface area contributed by atoms with Crippen LogP contribution in [0.4, 0.5) is 0 Å². The lowest BCUT2D eigenvalue weighted by atomic mass is 10.1. The second-order valence-electron chi connectivity index (χ2n) is 14.0. The molecule has 2 unspecified atom stereocenters. The summed E-state index contributed by atoms with van der Waals surface area (Å²) < 4.78 is 5.92. The van der Waals surface area contributed by atoms with E-state index in [1.165, 1.54) is 44.9 Å². The molecule has 0 bridgehead atoms. The molecule has 4 N–H and O–H groups in total. The lowest BCUT2D eigenvalue weighted by Gasteiger charge is -2.15. The number of nitrogens with two attached hydrogens (primary N) is 1. The monoisotopic (exact) mass is 739 g/mol. The Balaban J connectivity index is 4.46. The van der Waals surface area contributed by atoms with Gasteiger partial charge in [-0.3, -0.25) is 9.59 Å². The molecule has 53 heavy (non-hydrogen) atoms. The smallest absolute Gasteiger partial charge is 0.326 e. The number of unbranched alkanes of at least 4 members (excludes halogenated alkanes) is 13. The van der Waals surface area contributed by atoms with Crippen molar-refractivity contribution in [3.8, 4) is 0 Å². The highest BCUT2D eigenvalue weighted by atomic mass is 16.5. The number of carbonyl (C=O) groups is 3. The molecule has 0 rings (SSSR count). The molecule has 302 valence electrons. The maximum absolute atomic E-state index is 12.7. The highest BCUT2D eigenvalue weighted by molar-refractivity contribution is 5.83. The molecule has 0 aromatic heterocycles. The van der Waals surface area contributed by atoms with Crippen molar-refractivity contribution in [1.29, 1.82) is 0 Å². The van der Waals surface area contributed by atoms with Crippen molar-refractivity contribution >= 4 is 17.8 Å². The zero-order valence-corrected chi connectivity index (χ0v) is 33.8. The largest absolute Gasteiger partial charge is 0.480 e. The van der Waals surface area contributed by atoms with E-state index in [2.05, 4.69) is 86.0 Å². The topological polar surface area (TPSA) is 119 Å². The fraction of sp³-hybridized carbons (Fsp3) is 0.674. The lowest BCUT2D eigenvalue weighted by Crippen LogP contribution is -2.40. The van der Waals surface area contributed by atoms with Crippen molar-refractivity contribution in [1.82, 2.24) is 5.32 Å². The van der Waals surface area contributed by atoms with Gasteiger partial charge in [0.1, 0.15) is 12.1 Å². The summed E-state index contributed by atoms with van der Waals surface area (Å²) in [6.07, 6.45) is 51.0. The van der Waals surface area contributed by atoms with E-state index < -0.39 is 12.0 Å². The van der Waals surface area contributed by atoms with Crippen LogP contribution in [-0.4, -0.2) is 41.6 Å². The summed E-state index contributed by atoms with van der Waals surface area (Å²) in [5.41, 5.74) is 5.48. The van der Waals surface area contributed by atoms with Gasteiger partial charge in [0.15, 0.2) is 0 Å². The summed E-state index contributed by atoms with van der Waals surface area (Å²) in [6.45, 7) is 4.79. The van der Waals surface area contributed by atoms with E-state index in [9.17, 15) is 19.5 Å². The van der Waals surface area contributed by atoms with Crippen LogP contribution in [0.3, 0.4) is 0 Å². The van der Waals surface area contributed by atoms with Gasteiger partial charge in [-0.15, -0.1) is 0 Å². The number of nitrogens with one attached hydrogen (secondary N) is 1. The first-order valence-corrected chi connectivity index (χ1v) is 21.3. The van der Waals surface area contributed by atoms with Crippen LogP contribution in [0.1, 0.15) is 181 Å². The molecular weight excluding hydrogens is 661 g/mol. The van der Waals surface area contributed by atoms with Crippen LogP contribution in [-0.2, 0) is 19.1 Å². The Labute approximate surface area is 324 Å². The number of esters is 1. The molecule has 0 heterocycles. The standard InChI is InChI=1S/C46H78N2O5/c1-3-5-7-9-11-13-15-16-17-18-19-21-23-25-30-34-40-45(50)53-42(36-31-27-24-22-20-14-12-10-8-6-4-2)37-32-28-26-29-33-39-44(49)48-43(46(51)52)38-35-41-47/h6,8,12-15,17-18,22,24,31,36,42-43H,3-5,7,9-11,16,19-21,23,25-30,32-35,37-41,47H2,1-2H3,(H,48,49)(H,51,52)/b8-6-,14-12-,15-13-,18-17-,24-22-,36-31-. The molecule has 0 saturated carbocycles. The number of aliphatic carboxylic acids is 1. The number of rotatable bonds is 37. The number of ether oxygens (including phenoxy) is 1. The van der Waals surface area contributed by atoms with Gasteiger partial charge >= 0.3 is 11.9 Å². The van der Waals surface area contributed by atoms with Crippen LogP contribution in [0.15, 0.2) is 72.9 Å². The first-order chi connectivity index (χ1) is 25.9. The van der Waals surface area contributed by atoms with E-state index in [-0.39, 0.29) is 18.0 Å². The molecule has 7 heteroatoms. The molecule has 0 aliphatic heterocycles. The summed E-state index contributed by atoms with van der Waals surface area (Å²) in [7, 11) is 0.